The highest BCUT2D eigenvalue weighted by atomic mass is 35.5. The molecule has 138 valence electrons. The van der Waals surface area contributed by atoms with Crippen molar-refractivity contribution in [1.29, 1.82) is 0 Å². The minimum absolute atomic E-state index is 0.122. The van der Waals surface area contributed by atoms with Crippen molar-refractivity contribution >= 4 is 39.7 Å². The number of benzene rings is 1. The maximum Gasteiger partial charge on any atom is 0.255 e. The lowest BCUT2D eigenvalue weighted by Gasteiger charge is -2.12. The number of nitrogens with one attached hydrogen (secondary N) is 2. The van der Waals surface area contributed by atoms with Gasteiger partial charge in [0.2, 0.25) is 0 Å². The maximum absolute atomic E-state index is 12.6. The summed E-state index contributed by atoms with van der Waals surface area (Å²) in [5, 5.41) is 3.48. The highest BCUT2D eigenvalue weighted by Crippen LogP contribution is 2.22. The van der Waals surface area contributed by atoms with E-state index < -0.39 is 0 Å². The van der Waals surface area contributed by atoms with Crippen LogP contribution in [0.1, 0.15) is 17.3 Å². The fraction of sp³-hybridized carbons (Fsp3) is 0.222. The van der Waals surface area contributed by atoms with Crippen molar-refractivity contribution in [3.8, 4) is 5.82 Å². The molecule has 0 spiro atoms. The van der Waals surface area contributed by atoms with Crippen LogP contribution in [0.3, 0.4) is 0 Å². The van der Waals surface area contributed by atoms with E-state index in [9.17, 15) is 4.79 Å². The van der Waals surface area contributed by atoms with Gasteiger partial charge in [-0.15, -0.1) is 0 Å². The third-order valence-electron chi connectivity index (χ3n) is 4.16. The number of aromatic amines is 1. The molecular weight excluding hydrogens is 368 g/mol. The Morgan fingerprint density at radius 2 is 2.26 bits per heavy atom. The Balaban J connectivity index is 1.75. The number of carbonyl (C=O) groups excluding carboxylic acids is 1. The lowest BCUT2D eigenvalue weighted by molar-refractivity contribution is 0.0907. The van der Waals surface area contributed by atoms with E-state index in [1.54, 1.807) is 36.5 Å². The molecule has 0 aliphatic heterocycles. The van der Waals surface area contributed by atoms with E-state index in [0.717, 1.165) is 11.0 Å². The number of carbonyl (C=O) groups is 1. The van der Waals surface area contributed by atoms with E-state index in [1.807, 2.05) is 19.1 Å². The normalized spacial score (nSPS) is 12.6. The summed E-state index contributed by atoms with van der Waals surface area (Å²) in [6.07, 6.45) is 4.88. The Labute approximate surface area is 159 Å². The second-order valence-corrected chi connectivity index (χ2v) is 6.64. The first kappa shape index (κ1) is 17.4. The molecule has 4 aromatic rings. The van der Waals surface area contributed by atoms with E-state index in [1.165, 1.54) is 0 Å². The third-order valence-corrected chi connectivity index (χ3v) is 4.40. The second kappa shape index (κ2) is 6.98. The monoisotopic (exact) mass is 384 g/mol. The molecular formula is C18H17ClN6O2. The average Bonchev–Trinajstić information content (AvgIpc) is 3.24. The summed E-state index contributed by atoms with van der Waals surface area (Å²) < 4.78 is 6.84. The number of hydrogen-bond donors (Lipinski definition) is 2. The van der Waals surface area contributed by atoms with Crippen molar-refractivity contribution in [2.24, 2.45) is 0 Å². The summed E-state index contributed by atoms with van der Waals surface area (Å²) in [7, 11) is 1.59. The fourth-order valence-electron chi connectivity index (χ4n) is 2.93. The van der Waals surface area contributed by atoms with Crippen molar-refractivity contribution in [3.63, 3.8) is 0 Å². The number of rotatable bonds is 5. The second-order valence-electron chi connectivity index (χ2n) is 6.21. The van der Waals surface area contributed by atoms with Crippen LogP contribution in [0.4, 0.5) is 0 Å². The van der Waals surface area contributed by atoms with E-state index >= 15 is 0 Å². The molecule has 0 fully saturated rings. The maximum atomic E-state index is 12.6. The van der Waals surface area contributed by atoms with Crippen LogP contribution < -0.4 is 5.32 Å². The van der Waals surface area contributed by atoms with Crippen LogP contribution in [0.2, 0.25) is 5.02 Å². The van der Waals surface area contributed by atoms with Crippen molar-refractivity contribution in [2.75, 3.05) is 13.7 Å². The molecule has 1 aromatic carbocycles. The van der Waals surface area contributed by atoms with Gasteiger partial charge in [0.15, 0.2) is 11.5 Å². The molecule has 2 N–H and O–H groups in total. The molecule has 0 aliphatic carbocycles. The molecule has 1 amide bonds. The summed E-state index contributed by atoms with van der Waals surface area (Å²) in [4.78, 5) is 28.9. The first-order chi connectivity index (χ1) is 13.1. The molecule has 0 aliphatic rings. The molecule has 0 saturated carbocycles. The quantitative estimate of drug-likeness (QED) is 0.551. The standard InChI is InChI=1S/C18H17ClN6O2/c1-10(8-27-2)23-18(26)12-6-20-17-16(12)24-15(7-21-17)25-9-22-13-4-3-11(19)5-14(13)25/h3-7,9-10H,8H2,1-2H3,(H,20,21)(H,23,26). The summed E-state index contributed by atoms with van der Waals surface area (Å²) in [5.74, 6) is 0.307. The third kappa shape index (κ3) is 3.24. The van der Waals surface area contributed by atoms with Gasteiger partial charge in [0, 0.05) is 24.4 Å². The van der Waals surface area contributed by atoms with Gasteiger partial charge in [0.25, 0.3) is 5.91 Å². The van der Waals surface area contributed by atoms with Gasteiger partial charge in [-0.2, -0.15) is 0 Å². The number of H-pyrrole nitrogens is 1. The lowest BCUT2D eigenvalue weighted by atomic mass is 10.2. The minimum Gasteiger partial charge on any atom is -0.383 e. The topological polar surface area (TPSA) is 97.7 Å². The largest absolute Gasteiger partial charge is 0.383 e. The van der Waals surface area contributed by atoms with Gasteiger partial charge >= 0.3 is 0 Å². The van der Waals surface area contributed by atoms with Gasteiger partial charge in [-0.05, 0) is 25.1 Å². The van der Waals surface area contributed by atoms with Crippen LogP contribution in [-0.4, -0.2) is 50.2 Å². The Morgan fingerprint density at radius 3 is 3.07 bits per heavy atom. The van der Waals surface area contributed by atoms with Crippen LogP contribution in [0.5, 0.6) is 0 Å². The average molecular weight is 385 g/mol. The van der Waals surface area contributed by atoms with Crippen LogP contribution >= 0.6 is 11.6 Å². The summed E-state index contributed by atoms with van der Waals surface area (Å²) >= 11 is 6.11. The molecule has 8 nitrogen and oxygen atoms in total. The smallest absolute Gasteiger partial charge is 0.255 e. The number of fused-ring (bicyclic) bond motifs is 2. The van der Waals surface area contributed by atoms with E-state index in [4.69, 9.17) is 16.3 Å². The first-order valence-corrected chi connectivity index (χ1v) is 8.71. The molecule has 4 rings (SSSR count). The van der Waals surface area contributed by atoms with Gasteiger partial charge in [-0.25, -0.2) is 15.0 Å². The van der Waals surface area contributed by atoms with Crippen molar-refractivity contribution in [2.45, 2.75) is 13.0 Å². The van der Waals surface area contributed by atoms with Crippen LogP contribution in [0.25, 0.3) is 28.0 Å². The number of amides is 1. The van der Waals surface area contributed by atoms with Crippen molar-refractivity contribution < 1.29 is 9.53 Å². The van der Waals surface area contributed by atoms with E-state index in [0.29, 0.717) is 34.2 Å². The van der Waals surface area contributed by atoms with Gasteiger partial charge in [0.05, 0.1) is 29.4 Å². The number of aromatic nitrogens is 5. The van der Waals surface area contributed by atoms with Crippen molar-refractivity contribution in [3.05, 3.63) is 47.5 Å². The number of ether oxygens (including phenoxy) is 1. The number of nitrogens with zero attached hydrogens (tertiary/aromatic N) is 4. The van der Waals surface area contributed by atoms with Crippen LogP contribution in [0.15, 0.2) is 36.9 Å². The number of hydrogen-bond acceptors (Lipinski definition) is 5. The predicted molar refractivity (Wildman–Crippen MR) is 102 cm³/mol. The highest BCUT2D eigenvalue weighted by molar-refractivity contribution is 6.31. The summed E-state index contributed by atoms with van der Waals surface area (Å²) in [6, 6.07) is 5.31. The zero-order chi connectivity index (χ0) is 19.0. The zero-order valence-corrected chi connectivity index (χ0v) is 15.5. The van der Waals surface area contributed by atoms with Crippen molar-refractivity contribution in [1.82, 2.24) is 29.8 Å². The lowest BCUT2D eigenvalue weighted by Crippen LogP contribution is -2.35. The Morgan fingerprint density at radius 1 is 1.41 bits per heavy atom. The van der Waals surface area contributed by atoms with Gasteiger partial charge in [0.1, 0.15) is 11.8 Å². The molecule has 27 heavy (non-hydrogen) atoms. The molecule has 9 heteroatoms. The molecule has 1 atom stereocenters. The van der Waals surface area contributed by atoms with E-state index in [-0.39, 0.29) is 11.9 Å². The van der Waals surface area contributed by atoms with Gasteiger partial charge in [-0.1, -0.05) is 11.6 Å². The first-order valence-electron chi connectivity index (χ1n) is 8.33. The number of methoxy groups -OCH3 is 1. The van der Waals surface area contributed by atoms with Crippen LogP contribution in [0, 0.1) is 0 Å². The predicted octanol–water partition coefficient (Wildman–Crippen LogP) is 2.71. The number of imidazole rings is 1. The van der Waals surface area contributed by atoms with Crippen LogP contribution in [-0.2, 0) is 4.74 Å². The molecule has 3 heterocycles. The minimum atomic E-state index is -0.240. The highest BCUT2D eigenvalue weighted by Gasteiger charge is 2.17. The molecule has 0 saturated heterocycles. The Hall–Kier alpha value is -2.97. The fourth-order valence-corrected chi connectivity index (χ4v) is 3.09. The molecule has 3 aromatic heterocycles. The summed E-state index contributed by atoms with van der Waals surface area (Å²) in [5.41, 5.74) is 3.04. The van der Waals surface area contributed by atoms with Gasteiger partial charge in [-0.3, -0.25) is 9.36 Å². The number of halogens is 1. The Bertz CT molecular complexity index is 1140. The molecule has 0 radical (unpaired) electrons. The SMILES string of the molecule is COCC(C)NC(=O)c1c[nH]c2ncc(-n3cnc4ccc(Cl)cc43)nc12. The summed E-state index contributed by atoms with van der Waals surface area (Å²) in [6.45, 7) is 2.29. The van der Waals surface area contributed by atoms with E-state index in [2.05, 4.69) is 25.3 Å². The van der Waals surface area contributed by atoms with Gasteiger partial charge < -0.3 is 15.0 Å². The zero-order valence-electron chi connectivity index (χ0n) is 14.7. The Kier molecular flexibility index (Phi) is 4.51. The molecule has 1 unspecified atom stereocenters. The molecule has 0 bridgehead atoms.